The summed E-state index contributed by atoms with van der Waals surface area (Å²) in [5.41, 5.74) is -0.269. The summed E-state index contributed by atoms with van der Waals surface area (Å²) in [5.74, 6) is -1.66. The summed E-state index contributed by atoms with van der Waals surface area (Å²) in [6, 6.07) is 3.70. The third-order valence-electron chi connectivity index (χ3n) is 4.46. The first-order valence-electron chi connectivity index (χ1n) is 6.42. The minimum Gasteiger partial charge on any atom is -0.484 e. The minimum absolute atomic E-state index is 0.263. The van der Waals surface area contributed by atoms with Crippen LogP contribution >= 0.6 is 0 Å². The molecule has 98 valence electrons. The van der Waals surface area contributed by atoms with Gasteiger partial charge in [0.15, 0.2) is 17.4 Å². The molecule has 2 unspecified atom stereocenters. The van der Waals surface area contributed by atoms with Crippen LogP contribution in [0.1, 0.15) is 32.1 Å². The predicted molar refractivity (Wildman–Crippen MR) is 62.3 cm³/mol. The monoisotopic (exact) mass is 254 g/mol. The topological polar surface area (TPSA) is 29.5 Å². The van der Waals surface area contributed by atoms with Crippen LogP contribution in [0, 0.1) is 17.0 Å². The third kappa shape index (κ3) is 1.62. The van der Waals surface area contributed by atoms with Gasteiger partial charge in [-0.3, -0.25) is 0 Å². The molecule has 2 aliphatic carbocycles. The van der Waals surface area contributed by atoms with Gasteiger partial charge in [-0.15, -0.1) is 0 Å². The predicted octanol–water partition coefficient (Wildman–Crippen LogP) is 3.04. The van der Waals surface area contributed by atoms with Crippen molar-refractivity contribution in [3.05, 3.63) is 29.8 Å². The Morgan fingerprint density at radius 3 is 2.33 bits per heavy atom. The first-order valence-corrected chi connectivity index (χ1v) is 6.42. The summed E-state index contributed by atoms with van der Waals surface area (Å²) >= 11 is 0. The van der Waals surface area contributed by atoms with E-state index in [0.717, 1.165) is 25.7 Å². The quantitative estimate of drug-likeness (QED) is 0.879. The minimum atomic E-state index is -0.676. The van der Waals surface area contributed by atoms with Crippen molar-refractivity contribution in [2.45, 2.75) is 44.3 Å². The highest BCUT2D eigenvalue weighted by molar-refractivity contribution is 5.27. The fourth-order valence-electron chi connectivity index (χ4n) is 3.32. The second-order valence-electron chi connectivity index (χ2n) is 5.35. The smallest absolute Gasteiger partial charge is 0.191 e. The molecule has 2 saturated carbocycles. The fourth-order valence-corrected chi connectivity index (χ4v) is 3.32. The van der Waals surface area contributed by atoms with Gasteiger partial charge in [0.2, 0.25) is 0 Å². The largest absolute Gasteiger partial charge is 0.484 e. The summed E-state index contributed by atoms with van der Waals surface area (Å²) in [6.07, 6.45) is 3.69. The number of para-hydroxylation sites is 1. The van der Waals surface area contributed by atoms with Gasteiger partial charge < -0.3 is 9.84 Å². The lowest BCUT2D eigenvalue weighted by atomic mass is 9.62. The van der Waals surface area contributed by atoms with Crippen molar-refractivity contribution in [3.63, 3.8) is 0 Å². The summed E-state index contributed by atoms with van der Waals surface area (Å²) < 4.78 is 32.5. The molecular weight excluding hydrogens is 238 g/mol. The molecule has 18 heavy (non-hydrogen) atoms. The zero-order valence-corrected chi connectivity index (χ0v) is 10.0. The van der Waals surface area contributed by atoms with E-state index in [2.05, 4.69) is 0 Å². The van der Waals surface area contributed by atoms with Gasteiger partial charge in [0.25, 0.3) is 0 Å². The van der Waals surface area contributed by atoms with Gasteiger partial charge in [0, 0.05) is 11.8 Å². The SMILES string of the molecule is OC1CC(Oc2c(F)cccc2F)C12CCCC2. The molecule has 4 heteroatoms. The number of benzene rings is 1. The molecule has 0 saturated heterocycles. The van der Waals surface area contributed by atoms with E-state index in [1.807, 2.05) is 0 Å². The second-order valence-corrected chi connectivity index (χ2v) is 5.35. The second kappa shape index (κ2) is 4.19. The highest BCUT2D eigenvalue weighted by Crippen LogP contribution is 2.54. The van der Waals surface area contributed by atoms with Gasteiger partial charge in [-0.25, -0.2) is 8.78 Å². The van der Waals surface area contributed by atoms with Crippen LogP contribution in [0.3, 0.4) is 0 Å². The molecule has 1 aromatic rings. The lowest BCUT2D eigenvalue weighted by Crippen LogP contribution is -2.58. The maximum Gasteiger partial charge on any atom is 0.191 e. The van der Waals surface area contributed by atoms with Crippen molar-refractivity contribution < 1.29 is 18.6 Å². The van der Waals surface area contributed by atoms with E-state index < -0.39 is 11.6 Å². The van der Waals surface area contributed by atoms with Crippen molar-refractivity contribution in [1.82, 2.24) is 0 Å². The highest BCUT2D eigenvalue weighted by atomic mass is 19.1. The van der Waals surface area contributed by atoms with Gasteiger partial charge in [0.05, 0.1) is 6.10 Å². The lowest BCUT2D eigenvalue weighted by molar-refractivity contribution is -0.153. The molecule has 2 atom stereocenters. The molecule has 0 amide bonds. The molecule has 1 spiro atoms. The van der Waals surface area contributed by atoms with Gasteiger partial charge in [-0.2, -0.15) is 0 Å². The molecular formula is C14H16F2O2. The molecule has 0 radical (unpaired) electrons. The normalized spacial score (nSPS) is 29.3. The molecule has 0 aromatic heterocycles. The van der Waals surface area contributed by atoms with Gasteiger partial charge in [-0.05, 0) is 25.0 Å². The molecule has 0 bridgehead atoms. The Balaban J connectivity index is 1.81. The Hall–Kier alpha value is -1.16. The fraction of sp³-hybridized carbons (Fsp3) is 0.571. The summed E-state index contributed by atoms with van der Waals surface area (Å²) in [7, 11) is 0. The molecule has 3 rings (SSSR count). The van der Waals surface area contributed by atoms with Crippen molar-refractivity contribution in [2.24, 2.45) is 5.41 Å². The summed E-state index contributed by atoms with van der Waals surface area (Å²) in [4.78, 5) is 0. The van der Waals surface area contributed by atoms with Crippen LogP contribution < -0.4 is 4.74 Å². The number of hydrogen-bond acceptors (Lipinski definition) is 2. The summed E-state index contributed by atoms with van der Waals surface area (Å²) in [6.45, 7) is 0. The van der Waals surface area contributed by atoms with E-state index in [1.165, 1.54) is 18.2 Å². The van der Waals surface area contributed by atoms with Gasteiger partial charge >= 0.3 is 0 Å². The van der Waals surface area contributed by atoms with Crippen LogP contribution in [0.5, 0.6) is 5.75 Å². The average molecular weight is 254 g/mol. The van der Waals surface area contributed by atoms with Crippen LogP contribution in [-0.4, -0.2) is 17.3 Å². The Labute approximate surface area is 105 Å². The first-order chi connectivity index (χ1) is 8.63. The molecule has 2 aliphatic rings. The van der Waals surface area contributed by atoms with Crippen molar-refractivity contribution in [2.75, 3.05) is 0 Å². The van der Waals surface area contributed by atoms with E-state index >= 15 is 0 Å². The molecule has 0 aliphatic heterocycles. The van der Waals surface area contributed by atoms with Crippen LogP contribution in [-0.2, 0) is 0 Å². The van der Waals surface area contributed by atoms with E-state index in [0.29, 0.717) is 6.42 Å². The molecule has 2 nitrogen and oxygen atoms in total. The summed E-state index contributed by atoms with van der Waals surface area (Å²) in [5, 5.41) is 9.92. The molecule has 1 aromatic carbocycles. The Kier molecular flexibility index (Phi) is 2.77. The average Bonchev–Trinajstić information content (AvgIpc) is 2.84. The number of halogens is 2. The highest BCUT2D eigenvalue weighted by Gasteiger charge is 2.57. The molecule has 2 fully saturated rings. The number of ether oxygens (including phenoxy) is 1. The van der Waals surface area contributed by atoms with Crippen LogP contribution in [0.15, 0.2) is 18.2 Å². The van der Waals surface area contributed by atoms with E-state index in [4.69, 9.17) is 4.74 Å². The standard InChI is InChI=1S/C14H16F2O2/c15-9-4-3-5-10(16)13(9)18-12-8-11(17)14(12)6-1-2-7-14/h3-5,11-12,17H,1-2,6-8H2. The molecule has 0 heterocycles. The third-order valence-corrected chi connectivity index (χ3v) is 4.46. The van der Waals surface area contributed by atoms with E-state index in [-0.39, 0.29) is 23.4 Å². The lowest BCUT2D eigenvalue weighted by Gasteiger charge is -2.51. The Morgan fingerprint density at radius 2 is 1.78 bits per heavy atom. The van der Waals surface area contributed by atoms with Crippen molar-refractivity contribution >= 4 is 0 Å². The van der Waals surface area contributed by atoms with Crippen molar-refractivity contribution in [1.29, 1.82) is 0 Å². The molecule has 1 N–H and O–H groups in total. The van der Waals surface area contributed by atoms with Crippen LogP contribution in [0.4, 0.5) is 8.78 Å². The Bertz CT molecular complexity index is 435. The number of aliphatic hydroxyl groups is 1. The van der Waals surface area contributed by atoms with E-state index in [9.17, 15) is 13.9 Å². The van der Waals surface area contributed by atoms with Gasteiger partial charge in [0.1, 0.15) is 6.10 Å². The van der Waals surface area contributed by atoms with Crippen LogP contribution in [0.25, 0.3) is 0 Å². The zero-order chi connectivity index (χ0) is 12.8. The number of rotatable bonds is 2. The van der Waals surface area contributed by atoms with Crippen LogP contribution in [0.2, 0.25) is 0 Å². The van der Waals surface area contributed by atoms with Gasteiger partial charge in [-0.1, -0.05) is 18.9 Å². The van der Waals surface area contributed by atoms with Crippen molar-refractivity contribution in [3.8, 4) is 5.75 Å². The van der Waals surface area contributed by atoms with E-state index in [1.54, 1.807) is 0 Å². The number of hydrogen-bond donors (Lipinski definition) is 1. The Morgan fingerprint density at radius 1 is 1.17 bits per heavy atom. The zero-order valence-electron chi connectivity index (χ0n) is 10.0. The first kappa shape index (κ1) is 11.9. The maximum absolute atomic E-state index is 13.5. The number of aliphatic hydroxyl groups excluding tert-OH is 1. The maximum atomic E-state index is 13.5.